The molecule has 5 nitrogen and oxygen atoms in total. The van der Waals surface area contributed by atoms with Crippen molar-refractivity contribution in [3.05, 3.63) is 35.9 Å². The van der Waals surface area contributed by atoms with E-state index in [1.807, 2.05) is 30.3 Å². The summed E-state index contributed by atoms with van der Waals surface area (Å²) in [6.45, 7) is 3.15. The Morgan fingerprint density at radius 1 is 0.947 bits per heavy atom. The van der Waals surface area contributed by atoms with E-state index in [9.17, 15) is 4.79 Å². The van der Waals surface area contributed by atoms with Crippen LogP contribution in [0.3, 0.4) is 0 Å². The predicted molar refractivity (Wildman–Crippen MR) is 74.8 cm³/mol. The fourth-order valence-electron chi connectivity index (χ4n) is 3.43. The lowest BCUT2D eigenvalue weighted by Gasteiger charge is -2.56. The zero-order chi connectivity index (χ0) is 12.9. The van der Waals surface area contributed by atoms with Gasteiger partial charge in [0.05, 0.1) is 20.0 Å². The number of amides is 1. The van der Waals surface area contributed by atoms with Crippen LogP contribution in [0.4, 0.5) is 0 Å². The van der Waals surface area contributed by atoms with Crippen molar-refractivity contribution in [1.82, 2.24) is 14.7 Å². The Labute approximate surface area is 112 Å². The Morgan fingerprint density at radius 3 is 2.00 bits per heavy atom. The SMILES string of the molecule is O=C(N=P12CN3CN(CN(C3)C1)C2)c1ccccc1. The third-order valence-electron chi connectivity index (χ3n) is 3.91. The molecule has 0 aliphatic carbocycles. The molecule has 5 rings (SSSR count). The number of rotatable bonds is 1. The second-order valence-electron chi connectivity index (χ2n) is 5.73. The van der Waals surface area contributed by atoms with Gasteiger partial charge < -0.3 is 0 Å². The first-order chi connectivity index (χ1) is 9.22. The molecule has 1 amide bonds. The summed E-state index contributed by atoms with van der Waals surface area (Å²) >= 11 is 0. The first kappa shape index (κ1) is 11.8. The minimum atomic E-state index is -1.52. The van der Waals surface area contributed by atoms with Gasteiger partial charge in [0.25, 0.3) is 5.91 Å². The van der Waals surface area contributed by atoms with Crippen LogP contribution in [0, 0.1) is 0 Å². The maximum absolute atomic E-state index is 12.3. The lowest BCUT2D eigenvalue weighted by atomic mass is 10.2. The molecule has 0 radical (unpaired) electrons. The van der Waals surface area contributed by atoms with Crippen LogP contribution in [0.2, 0.25) is 0 Å². The second kappa shape index (κ2) is 4.25. The van der Waals surface area contributed by atoms with Gasteiger partial charge >= 0.3 is 0 Å². The maximum Gasteiger partial charge on any atom is 0.275 e. The largest absolute Gasteiger partial charge is 0.275 e. The van der Waals surface area contributed by atoms with E-state index in [4.69, 9.17) is 0 Å². The van der Waals surface area contributed by atoms with Crippen LogP contribution in [0.5, 0.6) is 0 Å². The summed E-state index contributed by atoms with van der Waals surface area (Å²) in [5, 5.41) is 0. The molecule has 1 aromatic rings. The summed E-state index contributed by atoms with van der Waals surface area (Å²) < 4.78 is 4.69. The second-order valence-corrected chi connectivity index (χ2v) is 8.97. The van der Waals surface area contributed by atoms with Crippen LogP contribution in [-0.4, -0.2) is 59.5 Å². The van der Waals surface area contributed by atoms with Gasteiger partial charge in [0.1, 0.15) is 0 Å². The number of carbonyl (C=O) groups excluding carboxylic acids is 1. The highest BCUT2D eigenvalue weighted by Gasteiger charge is 2.43. The average Bonchev–Trinajstić information content (AvgIpc) is 2.37. The van der Waals surface area contributed by atoms with Crippen LogP contribution in [0.25, 0.3) is 0 Å². The molecule has 0 unspecified atom stereocenters. The van der Waals surface area contributed by atoms with Crippen LogP contribution in [0.15, 0.2) is 35.1 Å². The van der Waals surface area contributed by atoms with E-state index in [1.54, 1.807) is 0 Å². The zero-order valence-electron chi connectivity index (χ0n) is 10.8. The fourth-order valence-corrected chi connectivity index (χ4v) is 7.16. The predicted octanol–water partition coefficient (Wildman–Crippen LogP) is 1.72. The summed E-state index contributed by atoms with van der Waals surface area (Å²) in [5.41, 5.74) is 0.721. The Morgan fingerprint density at radius 2 is 1.47 bits per heavy atom. The lowest BCUT2D eigenvalue weighted by molar-refractivity contribution is -0.0266. The van der Waals surface area contributed by atoms with Gasteiger partial charge in [0.2, 0.25) is 0 Å². The van der Waals surface area contributed by atoms with Gasteiger partial charge in [-0.2, -0.15) is 0 Å². The van der Waals surface area contributed by atoms with Gasteiger partial charge in [0.15, 0.2) is 0 Å². The summed E-state index contributed by atoms with van der Waals surface area (Å²) in [4.78, 5) is 19.6. The normalized spacial score (nSPS) is 39.3. The highest BCUT2D eigenvalue weighted by molar-refractivity contribution is 7.66. The van der Waals surface area contributed by atoms with E-state index in [-0.39, 0.29) is 5.91 Å². The van der Waals surface area contributed by atoms with E-state index in [0.717, 1.165) is 44.4 Å². The molecular weight excluding hydrogens is 259 g/mol. The van der Waals surface area contributed by atoms with E-state index in [1.165, 1.54) is 0 Å². The minimum Gasteiger partial charge on any atom is -0.272 e. The van der Waals surface area contributed by atoms with Crippen molar-refractivity contribution < 1.29 is 4.79 Å². The third kappa shape index (κ3) is 2.07. The Kier molecular flexibility index (Phi) is 2.64. The van der Waals surface area contributed by atoms with Crippen molar-refractivity contribution in [2.24, 2.45) is 4.74 Å². The molecule has 0 N–H and O–H groups in total. The minimum absolute atomic E-state index is 0.0283. The van der Waals surface area contributed by atoms with Gasteiger partial charge in [-0.1, -0.05) is 18.2 Å². The standard InChI is InChI=1S/C13H17N4OP/c18-13(12-4-2-1-3-5-12)14-19-9-15-6-16(10-19)8-17(7-15)11-19/h1-5H,6-11H2. The van der Waals surface area contributed by atoms with E-state index in [2.05, 4.69) is 19.4 Å². The third-order valence-corrected chi connectivity index (χ3v) is 7.30. The number of hydrogen-bond donors (Lipinski definition) is 0. The Balaban J connectivity index is 1.68. The van der Waals surface area contributed by atoms with Crippen molar-refractivity contribution in [1.29, 1.82) is 0 Å². The van der Waals surface area contributed by atoms with Crippen molar-refractivity contribution in [3.63, 3.8) is 0 Å². The first-order valence-corrected chi connectivity index (χ1v) is 8.88. The highest BCUT2D eigenvalue weighted by Crippen LogP contribution is 2.57. The van der Waals surface area contributed by atoms with Gasteiger partial charge in [-0.05, 0) is 12.1 Å². The molecule has 100 valence electrons. The smallest absolute Gasteiger partial charge is 0.272 e. The van der Waals surface area contributed by atoms with Crippen LogP contribution >= 0.6 is 7.05 Å². The first-order valence-electron chi connectivity index (χ1n) is 6.58. The van der Waals surface area contributed by atoms with Crippen molar-refractivity contribution in [2.45, 2.75) is 0 Å². The average molecular weight is 276 g/mol. The van der Waals surface area contributed by atoms with Crippen molar-refractivity contribution in [2.75, 3.05) is 38.9 Å². The quantitative estimate of drug-likeness (QED) is 0.732. The topological polar surface area (TPSA) is 39.2 Å². The lowest BCUT2D eigenvalue weighted by Crippen LogP contribution is -2.63. The summed E-state index contributed by atoms with van der Waals surface area (Å²) in [5.74, 6) is -0.0283. The van der Waals surface area contributed by atoms with Crippen LogP contribution in [0.1, 0.15) is 10.4 Å². The van der Waals surface area contributed by atoms with Crippen molar-refractivity contribution >= 4 is 13.0 Å². The Bertz CT molecular complexity index is 529. The van der Waals surface area contributed by atoms with Crippen molar-refractivity contribution in [3.8, 4) is 0 Å². The molecule has 0 atom stereocenters. The zero-order valence-corrected chi connectivity index (χ0v) is 11.7. The number of hydrogen-bond acceptors (Lipinski definition) is 4. The number of carbonyl (C=O) groups is 1. The molecular formula is C13H17N4OP. The van der Waals surface area contributed by atoms with Gasteiger partial charge in [-0.15, -0.1) is 0 Å². The van der Waals surface area contributed by atoms with Gasteiger partial charge in [-0.25, -0.2) is 4.74 Å². The number of nitrogens with zero attached hydrogens (tertiary/aromatic N) is 4. The molecule has 0 spiro atoms. The highest BCUT2D eigenvalue weighted by atomic mass is 31.2. The van der Waals surface area contributed by atoms with E-state index >= 15 is 0 Å². The molecule has 4 aliphatic rings. The molecule has 4 bridgehead atoms. The summed E-state index contributed by atoms with van der Waals surface area (Å²) in [6, 6.07) is 9.45. The van der Waals surface area contributed by atoms with Gasteiger partial charge in [0, 0.05) is 31.5 Å². The fraction of sp³-hybridized carbons (Fsp3) is 0.462. The molecule has 4 heterocycles. The monoisotopic (exact) mass is 276 g/mol. The molecule has 0 aromatic heterocycles. The van der Waals surface area contributed by atoms with E-state index in [0.29, 0.717) is 0 Å². The van der Waals surface area contributed by atoms with E-state index < -0.39 is 7.05 Å². The molecule has 4 saturated heterocycles. The van der Waals surface area contributed by atoms with Crippen LogP contribution in [-0.2, 0) is 0 Å². The van der Waals surface area contributed by atoms with Crippen LogP contribution < -0.4 is 0 Å². The molecule has 1 aromatic carbocycles. The maximum atomic E-state index is 12.3. The summed E-state index contributed by atoms with van der Waals surface area (Å²) in [7, 11) is -1.52. The molecule has 4 aliphatic heterocycles. The summed E-state index contributed by atoms with van der Waals surface area (Å²) in [6.07, 6.45) is 3.08. The molecule has 0 saturated carbocycles. The van der Waals surface area contributed by atoms with Gasteiger partial charge in [-0.3, -0.25) is 19.5 Å². The molecule has 19 heavy (non-hydrogen) atoms. The molecule has 4 fully saturated rings. The number of benzene rings is 1. The molecule has 6 heteroatoms. The Hall–Kier alpha value is -1.00.